The molecule has 1 aromatic rings. The van der Waals surface area contributed by atoms with E-state index >= 15 is 0 Å². The highest BCUT2D eigenvalue weighted by Crippen LogP contribution is 1.73. The minimum absolute atomic E-state index is 0.0995. The van der Waals surface area contributed by atoms with Crippen LogP contribution in [0.5, 0.6) is 0 Å². The molecule has 2 N–H and O–H groups in total. The molecule has 5 nitrogen and oxygen atoms in total. The van der Waals surface area contributed by atoms with Crippen LogP contribution in [-0.4, -0.2) is 20.4 Å². The summed E-state index contributed by atoms with van der Waals surface area (Å²) in [5, 5.41) is 13.3. The monoisotopic (exact) mass is 97.0 g/mol. The first-order valence-electron chi connectivity index (χ1n) is 1.65. The highest BCUT2D eigenvalue weighted by Gasteiger charge is 1.78. The second kappa shape index (κ2) is 1.46. The molecule has 0 unspecified atom stereocenters. The summed E-state index contributed by atoms with van der Waals surface area (Å²) < 4.78 is 0. The summed E-state index contributed by atoms with van der Waals surface area (Å²) in [7, 11) is 0. The molecule has 0 aliphatic heterocycles. The molecule has 0 saturated carbocycles. The van der Waals surface area contributed by atoms with E-state index < -0.39 is 0 Å². The van der Waals surface area contributed by atoms with Gasteiger partial charge in [0.2, 0.25) is 0 Å². The maximum atomic E-state index is 5.01. The average Bonchev–Trinajstić information content (AvgIpc) is 1.69. The topological polar surface area (TPSA) is 77.6 Å². The third-order valence-corrected chi connectivity index (χ3v) is 0.424. The first-order chi connectivity index (χ1) is 3.39. The fourth-order valence-corrected chi connectivity index (χ4v) is 0.213. The molecule has 1 aromatic heterocycles. The standard InChI is InChI=1S/C2H3N5/c3-2-6-4-1-5-7-2/h1H,(H2,3,6,7). The number of hydrogen-bond acceptors (Lipinski definition) is 5. The quantitative estimate of drug-likeness (QED) is 0.442. The van der Waals surface area contributed by atoms with Gasteiger partial charge in [0.15, 0.2) is 6.33 Å². The Labute approximate surface area is 39.6 Å². The van der Waals surface area contributed by atoms with E-state index in [-0.39, 0.29) is 5.95 Å². The Balaban J connectivity index is 3.02. The molecule has 0 fully saturated rings. The Kier molecular flexibility index (Phi) is 0.816. The first-order valence-corrected chi connectivity index (χ1v) is 1.65. The molecule has 0 saturated heterocycles. The number of nitrogen functional groups attached to an aromatic ring is 1. The van der Waals surface area contributed by atoms with Gasteiger partial charge >= 0.3 is 0 Å². The van der Waals surface area contributed by atoms with Crippen LogP contribution in [0.4, 0.5) is 5.95 Å². The van der Waals surface area contributed by atoms with Gasteiger partial charge in [-0.1, -0.05) is 0 Å². The predicted octanol–water partition coefficient (Wildman–Crippen LogP) is -1.15. The van der Waals surface area contributed by atoms with Crippen LogP contribution < -0.4 is 5.73 Å². The molecule has 0 aliphatic rings. The largest absolute Gasteiger partial charge is 0.365 e. The second-order valence-corrected chi connectivity index (χ2v) is 0.905. The molecule has 1 heterocycles. The number of nitrogens with two attached hydrogens (primary N) is 1. The van der Waals surface area contributed by atoms with E-state index in [1.807, 2.05) is 0 Å². The summed E-state index contributed by atoms with van der Waals surface area (Å²) in [6, 6.07) is 0. The summed E-state index contributed by atoms with van der Waals surface area (Å²) in [6.45, 7) is 0. The molecular weight excluding hydrogens is 94.1 g/mol. The van der Waals surface area contributed by atoms with Gasteiger partial charge in [-0.15, -0.1) is 20.4 Å². The number of anilines is 1. The van der Waals surface area contributed by atoms with Gasteiger partial charge in [-0.2, -0.15) is 0 Å². The van der Waals surface area contributed by atoms with Crippen molar-refractivity contribution in [2.75, 3.05) is 5.73 Å². The van der Waals surface area contributed by atoms with Crippen LogP contribution in [0.15, 0.2) is 6.33 Å². The maximum absolute atomic E-state index is 5.01. The Morgan fingerprint density at radius 1 is 1.29 bits per heavy atom. The van der Waals surface area contributed by atoms with E-state index in [1.165, 1.54) is 6.33 Å². The van der Waals surface area contributed by atoms with E-state index in [4.69, 9.17) is 5.73 Å². The molecule has 0 amide bonds. The number of nitrogens with zero attached hydrogens (tertiary/aromatic N) is 4. The summed E-state index contributed by atoms with van der Waals surface area (Å²) in [6.07, 6.45) is 1.22. The van der Waals surface area contributed by atoms with Crippen LogP contribution in [0.3, 0.4) is 0 Å². The van der Waals surface area contributed by atoms with E-state index in [0.29, 0.717) is 0 Å². The fraction of sp³-hybridized carbons (Fsp3) is 0. The van der Waals surface area contributed by atoms with Crippen molar-refractivity contribution >= 4 is 5.95 Å². The van der Waals surface area contributed by atoms with Gasteiger partial charge in [-0.05, 0) is 0 Å². The molecule has 0 bridgehead atoms. The molecule has 1 rings (SSSR count). The molecule has 0 aromatic carbocycles. The van der Waals surface area contributed by atoms with Gasteiger partial charge < -0.3 is 5.73 Å². The highest BCUT2D eigenvalue weighted by molar-refractivity contribution is 5.05. The van der Waals surface area contributed by atoms with Crippen molar-refractivity contribution in [3.05, 3.63) is 6.33 Å². The average molecular weight is 97.1 g/mol. The first kappa shape index (κ1) is 3.91. The van der Waals surface area contributed by atoms with Crippen molar-refractivity contribution in [2.45, 2.75) is 0 Å². The van der Waals surface area contributed by atoms with Crippen LogP contribution in [0.1, 0.15) is 0 Å². The van der Waals surface area contributed by atoms with Gasteiger partial charge in [0.1, 0.15) is 0 Å². The number of hydrogen-bond donors (Lipinski definition) is 1. The van der Waals surface area contributed by atoms with Gasteiger partial charge in [-0.3, -0.25) is 0 Å². The van der Waals surface area contributed by atoms with Gasteiger partial charge in [0.05, 0.1) is 0 Å². The lowest BCUT2D eigenvalue weighted by atomic mass is 11.1. The fourth-order valence-electron chi connectivity index (χ4n) is 0.213. The summed E-state index contributed by atoms with van der Waals surface area (Å²) in [5.41, 5.74) is 5.01. The third-order valence-electron chi connectivity index (χ3n) is 0.424. The van der Waals surface area contributed by atoms with Gasteiger partial charge in [0.25, 0.3) is 5.95 Å². The normalized spacial score (nSPS) is 8.57. The van der Waals surface area contributed by atoms with Crippen molar-refractivity contribution in [1.29, 1.82) is 0 Å². The van der Waals surface area contributed by atoms with Crippen LogP contribution in [-0.2, 0) is 0 Å². The molecular formula is C2H3N5. The van der Waals surface area contributed by atoms with Crippen molar-refractivity contribution in [1.82, 2.24) is 20.4 Å². The van der Waals surface area contributed by atoms with E-state index in [1.54, 1.807) is 0 Å². The lowest BCUT2D eigenvalue weighted by molar-refractivity contribution is 0.869. The number of rotatable bonds is 0. The Hall–Kier alpha value is -1.26. The zero-order valence-corrected chi connectivity index (χ0v) is 3.44. The third kappa shape index (κ3) is 0.783. The Bertz CT molecular complexity index is 136. The zero-order valence-electron chi connectivity index (χ0n) is 3.44. The minimum Gasteiger partial charge on any atom is -0.365 e. The molecule has 7 heavy (non-hydrogen) atoms. The lowest BCUT2D eigenvalue weighted by Gasteiger charge is -1.79. The molecule has 0 radical (unpaired) electrons. The summed E-state index contributed by atoms with van der Waals surface area (Å²) in [5.74, 6) is 0.0995. The van der Waals surface area contributed by atoms with Crippen LogP contribution in [0.25, 0.3) is 0 Å². The Morgan fingerprint density at radius 3 is 2.14 bits per heavy atom. The second-order valence-electron chi connectivity index (χ2n) is 0.905. The SMILES string of the molecule is Nc1nncnn1. The Morgan fingerprint density at radius 2 is 1.86 bits per heavy atom. The van der Waals surface area contributed by atoms with Gasteiger partial charge in [0, 0.05) is 0 Å². The van der Waals surface area contributed by atoms with E-state index in [2.05, 4.69) is 20.4 Å². The summed E-state index contributed by atoms with van der Waals surface area (Å²) in [4.78, 5) is 0. The highest BCUT2D eigenvalue weighted by atomic mass is 15.3. The van der Waals surface area contributed by atoms with E-state index in [9.17, 15) is 0 Å². The minimum atomic E-state index is 0.0995. The van der Waals surface area contributed by atoms with Crippen molar-refractivity contribution in [3.8, 4) is 0 Å². The smallest absolute Gasteiger partial charge is 0.259 e. The summed E-state index contributed by atoms with van der Waals surface area (Å²) >= 11 is 0. The molecule has 0 aliphatic carbocycles. The van der Waals surface area contributed by atoms with Crippen LogP contribution >= 0.6 is 0 Å². The molecule has 5 heteroatoms. The molecule has 36 valence electrons. The molecule has 0 spiro atoms. The predicted molar refractivity (Wildman–Crippen MR) is 22.0 cm³/mol. The van der Waals surface area contributed by atoms with Crippen molar-refractivity contribution < 1.29 is 0 Å². The van der Waals surface area contributed by atoms with Crippen molar-refractivity contribution in [3.63, 3.8) is 0 Å². The van der Waals surface area contributed by atoms with E-state index in [0.717, 1.165) is 0 Å². The van der Waals surface area contributed by atoms with Gasteiger partial charge in [-0.25, -0.2) is 0 Å². The lowest BCUT2D eigenvalue weighted by Crippen LogP contribution is -1.96. The number of aromatic nitrogens is 4. The van der Waals surface area contributed by atoms with Crippen LogP contribution in [0, 0.1) is 0 Å². The zero-order chi connectivity index (χ0) is 5.11. The van der Waals surface area contributed by atoms with Crippen LogP contribution in [0.2, 0.25) is 0 Å². The van der Waals surface area contributed by atoms with Crippen molar-refractivity contribution in [2.24, 2.45) is 0 Å². The molecule has 0 atom stereocenters. The maximum Gasteiger partial charge on any atom is 0.259 e.